The molecule has 0 aliphatic rings. The lowest BCUT2D eigenvalue weighted by Crippen LogP contribution is -2.32. The van der Waals surface area contributed by atoms with Gasteiger partial charge in [-0.1, -0.05) is 30.8 Å². The SMILES string of the molecule is CCC(C)NC(=O)c1ccc2c(=O)n(C)c3nnc(SCC(=O)Nc4ccccc4OC)n3c2c1. The van der Waals surface area contributed by atoms with Crippen LogP contribution in [-0.2, 0) is 11.8 Å². The second kappa shape index (κ2) is 10.2. The van der Waals surface area contributed by atoms with E-state index < -0.39 is 0 Å². The van der Waals surface area contributed by atoms with Crippen molar-refractivity contribution in [2.75, 3.05) is 18.2 Å². The number of methoxy groups -OCH3 is 1. The molecule has 2 aromatic heterocycles. The first-order chi connectivity index (χ1) is 16.8. The average Bonchev–Trinajstić information content (AvgIpc) is 3.30. The number of fused-ring (bicyclic) bond motifs is 3. The Hall–Kier alpha value is -3.86. The maximum atomic E-state index is 12.9. The zero-order valence-electron chi connectivity index (χ0n) is 19.9. The Morgan fingerprint density at radius 1 is 1.17 bits per heavy atom. The van der Waals surface area contributed by atoms with Crippen LogP contribution in [0.25, 0.3) is 16.7 Å². The minimum atomic E-state index is -0.251. The number of amides is 2. The third kappa shape index (κ3) is 4.85. The van der Waals surface area contributed by atoms with Gasteiger partial charge in [-0.3, -0.25) is 23.4 Å². The Bertz CT molecular complexity index is 1480. The quantitative estimate of drug-likeness (QED) is 0.362. The summed E-state index contributed by atoms with van der Waals surface area (Å²) in [6.45, 7) is 3.92. The number of carbonyl (C=O) groups excluding carboxylic acids is 2. The molecular weight excluding hydrogens is 468 g/mol. The van der Waals surface area contributed by atoms with Crippen LogP contribution in [0.4, 0.5) is 5.69 Å². The first-order valence-electron chi connectivity index (χ1n) is 11.1. The summed E-state index contributed by atoms with van der Waals surface area (Å²) >= 11 is 1.18. The molecule has 0 saturated carbocycles. The lowest BCUT2D eigenvalue weighted by atomic mass is 10.1. The summed E-state index contributed by atoms with van der Waals surface area (Å²) < 4.78 is 8.36. The highest BCUT2D eigenvalue weighted by Crippen LogP contribution is 2.25. The standard InChI is InChI=1S/C24H26N6O4S/c1-5-14(2)25-21(32)15-10-11-16-18(12-15)30-23(29(3)22(16)33)27-28-24(30)35-13-20(31)26-17-8-6-7-9-19(17)34-4/h6-12,14H,5,13H2,1-4H3,(H,25,32)(H,26,31). The number of para-hydroxylation sites is 2. The molecule has 1 atom stereocenters. The Kier molecular flexibility index (Phi) is 7.06. The number of nitrogens with zero attached hydrogens (tertiary/aromatic N) is 4. The summed E-state index contributed by atoms with van der Waals surface area (Å²) in [5, 5.41) is 15.0. The second-order valence-corrected chi connectivity index (χ2v) is 8.98. The molecule has 2 aromatic carbocycles. The maximum absolute atomic E-state index is 12.9. The van der Waals surface area contributed by atoms with Crippen molar-refractivity contribution in [1.82, 2.24) is 24.5 Å². The van der Waals surface area contributed by atoms with Crippen LogP contribution in [0.2, 0.25) is 0 Å². The van der Waals surface area contributed by atoms with Crippen molar-refractivity contribution in [2.45, 2.75) is 31.5 Å². The number of benzene rings is 2. The molecule has 2 N–H and O–H groups in total. The van der Waals surface area contributed by atoms with Crippen LogP contribution in [0, 0.1) is 0 Å². The summed E-state index contributed by atoms with van der Waals surface area (Å²) in [6.07, 6.45) is 0.799. The zero-order chi connectivity index (χ0) is 25.1. The molecule has 0 aliphatic heterocycles. The van der Waals surface area contributed by atoms with Crippen LogP contribution in [0.1, 0.15) is 30.6 Å². The molecule has 0 aliphatic carbocycles. The Morgan fingerprint density at radius 3 is 2.69 bits per heavy atom. The predicted octanol–water partition coefficient (Wildman–Crippen LogP) is 2.85. The molecule has 4 rings (SSSR count). The predicted molar refractivity (Wildman–Crippen MR) is 135 cm³/mol. The number of aryl methyl sites for hydroxylation is 1. The molecule has 0 bridgehead atoms. The summed E-state index contributed by atoms with van der Waals surface area (Å²) in [5.41, 5.74) is 1.24. The maximum Gasteiger partial charge on any atom is 0.262 e. The van der Waals surface area contributed by atoms with Crippen molar-refractivity contribution >= 4 is 45.9 Å². The van der Waals surface area contributed by atoms with E-state index in [0.29, 0.717) is 38.8 Å². The molecule has 2 amide bonds. The first kappa shape index (κ1) is 24.3. The molecule has 182 valence electrons. The fourth-order valence-corrected chi connectivity index (χ4v) is 4.31. The van der Waals surface area contributed by atoms with E-state index >= 15 is 0 Å². The number of thioether (sulfide) groups is 1. The molecule has 0 fully saturated rings. The summed E-state index contributed by atoms with van der Waals surface area (Å²) in [5.74, 6) is 0.447. The molecule has 0 spiro atoms. The molecule has 35 heavy (non-hydrogen) atoms. The van der Waals surface area contributed by atoms with Crippen molar-refractivity contribution < 1.29 is 14.3 Å². The highest BCUT2D eigenvalue weighted by atomic mass is 32.2. The fourth-order valence-electron chi connectivity index (χ4n) is 3.57. The second-order valence-electron chi connectivity index (χ2n) is 8.03. The summed E-state index contributed by atoms with van der Waals surface area (Å²) in [6, 6.07) is 12.1. The van der Waals surface area contributed by atoms with Crippen LogP contribution in [0.15, 0.2) is 52.4 Å². The number of anilines is 1. The van der Waals surface area contributed by atoms with Crippen molar-refractivity contribution in [3.63, 3.8) is 0 Å². The molecule has 2 heterocycles. The van der Waals surface area contributed by atoms with Gasteiger partial charge in [0.25, 0.3) is 11.5 Å². The lowest BCUT2D eigenvalue weighted by Gasteiger charge is -2.13. The van der Waals surface area contributed by atoms with Crippen molar-refractivity contribution in [1.29, 1.82) is 0 Å². The molecule has 0 saturated heterocycles. The van der Waals surface area contributed by atoms with E-state index in [1.807, 2.05) is 19.9 Å². The van der Waals surface area contributed by atoms with Gasteiger partial charge in [-0.25, -0.2) is 0 Å². The molecule has 10 nitrogen and oxygen atoms in total. The van der Waals surface area contributed by atoms with Gasteiger partial charge in [0.15, 0.2) is 5.16 Å². The van der Waals surface area contributed by atoms with Gasteiger partial charge in [0.1, 0.15) is 5.75 Å². The number of rotatable bonds is 8. The number of hydrogen-bond acceptors (Lipinski definition) is 7. The topological polar surface area (TPSA) is 120 Å². The van der Waals surface area contributed by atoms with E-state index in [2.05, 4.69) is 20.8 Å². The van der Waals surface area contributed by atoms with E-state index in [4.69, 9.17) is 4.74 Å². The van der Waals surface area contributed by atoms with Gasteiger partial charge >= 0.3 is 0 Å². The monoisotopic (exact) mass is 494 g/mol. The van der Waals surface area contributed by atoms with E-state index in [0.717, 1.165) is 6.42 Å². The normalized spacial score (nSPS) is 12.0. The smallest absolute Gasteiger partial charge is 0.262 e. The van der Waals surface area contributed by atoms with Crippen molar-refractivity contribution in [3.8, 4) is 5.75 Å². The third-order valence-electron chi connectivity index (χ3n) is 5.66. The number of hydrogen-bond donors (Lipinski definition) is 2. The van der Waals surface area contributed by atoms with Crippen molar-refractivity contribution in [2.24, 2.45) is 7.05 Å². The Morgan fingerprint density at radius 2 is 1.94 bits per heavy atom. The molecule has 0 radical (unpaired) electrons. The van der Waals surface area contributed by atoms with E-state index in [1.54, 1.807) is 47.8 Å². The molecule has 4 aromatic rings. The van der Waals surface area contributed by atoms with Crippen molar-refractivity contribution in [3.05, 3.63) is 58.4 Å². The minimum Gasteiger partial charge on any atom is -0.495 e. The highest BCUT2D eigenvalue weighted by Gasteiger charge is 2.18. The number of ether oxygens (including phenoxy) is 1. The Labute approximate surface area is 205 Å². The molecular formula is C24H26N6O4S. The van der Waals surface area contributed by atoms with E-state index in [-0.39, 0.29) is 29.2 Å². The first-order valence-corrected chi connectivity index (χ1v) is 12.1. The van der Waals surface area contributed by atoms with Gasteiger partial charge in [-0.15, -0.1) is 10.2 Å². The average molecular weight is 495 g/mol. The van der Waals surface area contributed by atoms with Gasteiger partial charge < -0.3 is 15.4 Å². The van der Waals surface area contributed by atoms with Crippen LogP contribution >= 0.6 is 11.8 Å². The zero-order valence-corrected chi connectivity index (χ0v) is 20.7. The fraction of sp³-hybridized carbons (Fsp3) is 0.292. The molecule has 11 heteroatoms. The van der Waals surface area contributed by atoms with Gasteiger partial charge in [0.05, 0.1) is 29.5 Å². The number of carbonyl (C=O) groups is 2. The lowest BCUT2D eigenvalue weighted by molar-refractivity contribution is -0.113. The van der Waals surface area contributed by atoms with E-state index in [1.165, 1.54) is 23.4 Å². The van der Waals surface area contributed by atoms with Crippen LogP contribution < -0.4 is 20.9 Å². The van der Waals surface area contributed by atoms with Crippen LogP contribution in [0.5, 0.6) is 5.75 Å². The van der Waals surface area contributed by atoms with Gasteiger partial charge in [0.2, 0.25) is 11.7 Å². The van der Waals surface area contributed by atoms with Gasteiger partial charge in [-0.05, 0) is 43.7 Å². The van der Waals surface area contributed by atoms with E-state index in [9.17, 15) is 14.4 Å². The molecule has 1 unspecified atom stereocenters. The number of nitrogens with one attached hydrogen (secondary N) is 2. The van der Waals surface area contributed by atoms with Gasteiger partial charge in [-0.2, -0.15) is 0 Å². The third-order valence-corrected chi connectivity index (χ3v) is 6.58. The summed E-state index contributed by atoms with van der Waals surface area (Å²) in [4.78, 5) is 38.2. The summed E-state index contributed by atoms with van der Waals surface area (Å²) in [7, 11) is 3.15. The number of aromatic nitrogens is 4. The Balaban J connectivity index is 1.67. The largest absolute Gasteiger partial charge is 0.495 e. The minimum absolute atomic E-state index is 0.0182. The van der Waals surface area contributed by atoms with Crippen LogP contribution in [0.3, 0.4) is 0 Å². The highest BCUT2D eigenvalue weighted by molar-refractivity contribution is 7.99. The van der Waals surface area contributed by atoms with Gasteiger partial charge in [0, 0.05) is 18.7 Å². The van der Waals surface area contributed by atoms with Crippen LogP contribution in [-0.4, -0.2) is 49.9 Å².